The molecule has 0 spiro atoms. The third kappa shape index (κ3) is 17.5. The maximum atomic E-state index is 4.94. The van der Waals surface area contributed by atoms with Gasteiger partial charge in [-0.2, -0.15) is 0 Å². The Morgan fingerprint density at radius 2 is 0.400 bits per heavy atom. The van der Waals surface area contributed by atoms with Crippen molar-refractivity contribution in [1.82, 2.24) is 0 Å². The molecular formula is C12H24INaO6. The van der Waals surface area contributed by atoms with Gasteiger partial charge < -0.3 is 52.4 Å². The first-order valence-corrected chi connectivity index (χ1v) is 6.46. The van der Waals surface area contributed by atoms with Gasteiger partial charge in [-0.05, 0) is 0 Å². The van der Waals surface area contributed by atoms with E-state index in [9.17, 15) is 0 Å². The molecule has 6 nitrogen and oxygen atoms in total. The molecule has 0 bridgehead atoms. The van der Waals surface area contributed by atoms with Gasteiger partial charge in [0.2, 0.25) is 0 Å². The topological polar surface area (TPSA) is 55.4 Å². The van der Waals surface area contributed by atoms with E-state index >= 15 is 0 Å². The normalized spacial score (nSPS) is 21.6. The fourth-order valence-electron chi connectivity index (χ4n) is 1.32. The fraction of sp³-hybridized carbons (Fsp3) is 1.00. The van der Waals surface area contributed by atoms with Crippen LogP contribution in [0.25, 0.3) is 0 Å². The summed E-state index contributed by atoms with van der Waals surface area (Å²) in [6.07, 6.45) is 0. The predicted octanol–water partition coefficient (Wildman–Crippen LogP) is -5.89. The van der Waals surface area contributed by atoms with Crippen molar-refractivity contribution in [3.8, 4) is 0 Å². The third-order valence-electron chi connectivity index (χ3n) is 2.23. The van der Waals surface area contributed by atoms with Crippen molar-refractivity contribution in [3.63, 3.8) is 0 Å². The smallest absolute Gasteiger partial charge is 1.00 e. The summed E-state index contributed by atoms with van der Waals surface area (Å²) in [4.78, 5) is 0. The van der Waals surface area contributed by atoms with E-state index in [0.717, 1.165) is 79.3 Å². The van der Waals surface area contributed by atoms with E-state index in [2.05, 4.69) is 0 Å². The molecule has 0 aromatic rings. The average molecular weight is 414 g/mol. The number of hydrogen-bond donors (Lipinski definition) is 0. The largest absolute Gasteiger partial charge is 1.00 e. The van der Waals surface area contributed by atoms with Crippen LogP contribution in [-0.2, 0) is 28.4 Å². The Balaban J connectivity index is 0. The first kappa shape index (κ1) is 23.8. The zero-order valence-corrected chi connectivity index (χ0v) is 16.5. The summed E-state index contributed by atoms with van der Waals surface area (Å²) >= 11 is 0. The van der Waals surface area contributed by atoms with Crippen LogP contribution in [0.15, 0.2) is 0 Å². The van der Waals surface area contributed by atoms with Gasteiger partial charge in [0.25, 0.3) is 0 Å². The third-order valence-corrected chi connectivity index (χ3v) is 2.23. The molecule has 116 valence electrons. The molecule has 3 fully saturated rings. The van der Waals surface area contributed by atoms with E-state index in [1.807, 2.05) is 0 Å². The Labute approximate surface area is 160 Å². The molecule has 0 saturated carbocycles. The maximum absolute atomic E-state index is 4.94. The summed E-state index contributed by atoms with van der Waals surface area (Å²) in [5.41, 5.74) is 0. The quantitative estimate of drug-likeness (QED) is 0.291. The Hall–Kier alpha value is 1.49. The molecule has 0 unspecified atom stereocenters. The second-order valence-corrected chi connectivity index (χ2v) is 3.67. The Morgan fingerprint density at radius 1 is 0.300 bits per heavy atom. The van der Waals surface area contributed by atoms with Crippen molar-refractivity contribution >= 4 is 0 Å². The molecule has 0 atom stereocenters. The van der Waals surface area contributed by atoms with Gasteiger partial charge in [-0.1, -0.05) is 0 Å². The predicted molar refractivity (Wildman–Crippen MR) is 64.9 cm³/mol. The first-order chi connectivity index (χ1) is 9.00. The second kappa shape index (κ2) is 20.5. The molecule has 3 rings (SSSR count). The maximum Gasteiger partial charge on any atom is 1.00 e. The van der Waals surface area contributed by atoms with E-state index in [1.54, 1.807) is 0 Å². The minimum absolute atomic E-state index is 0. The van der Waals surface area contributed by atoms with Gasteiger partial charge in [0, 0.05) is 0 Å². The minimum atomic E-state index is 0. The Morgan fingerprint density at radius 3 is 0.450 bits per heavy atom. The molecular weight excluding hydrogens is 390 g/mol. The molecule has 0 aromatic heterocycles. The average Bonchev–Trinajstić information content (AvgIpc) is 2.54. The monoisotopic (exact) mass is 414 g/mol. The van der Waals surface area contributed by atoms with Crippen molar-refractivity contribution in [2.45, 2.75) is 0 Å². The molecule has 3 aliphatic rings. The van der Waals surface area contributed by atoms with E-state index in [1.165, 1.54) is 0 Å². The standard InChI is InChI=1S/3C4H8O2.HI.Na/c3*1-2-6-4-3-5-1;;/h3*1-4H2;1H;/q;;;;+1/p-1. The van der Waals surface area contributed by atoms with Crippen LogP contribution in [0.2, 0.25) is 0 Å². The van der Waals surface area contributed by atoms with Gasteiger partial charge in [0.15, 0.2) is 0 Å². The number of halogens is 1. The zero-order valence-electron chi connectivity index (χ0n) is 12.3. The van der Waals surface area contributed by atoms with Gasteiger partial charge in [0.05, 0.1) is 79.3 Å². The first-order valence-electron chi connectivity index (χ1n) is 6.46. The summed E-state index contributed by atoms with van der Waals surface area (Å²) in [6, 6.07) is 0. The van der Waals surface area contributed by atoms with Crippen LogP contribution in [0.1, 0.15) is 0 Å². The summed E-state index contributed by atoms with van der Waals surface area (Å²) in [5.74, 6) is 0. The van der Waals surface area contributed by atoms with Crippen molar-refractivity contribution in [2.75, 3.05) is 79.3 Å². The molecule has 0 aliphatic carbocycles. The van der Waals surface area contributed by atoms with Gasteiger partial charge in [0.1, 0.15) is 0 Å². The molecule has 8 heteroatoms. The number of ether oxygens (including phenoxy) is 6. The van der Waals surface area contributed by atoms with Gasteiger partial charge in [-0.15, -0.1) is 0 Å². The Kier molecular flexibility index (Phi) is 24.3. The minimum Gasteiger partial charge on any atom is -1.00 e. The van der Waals surface area contributed by atoms with E-state index in [-0.39, 0.29) is 53.5 Å². The zero-order chi connectivity index (χ0) is 12.7. The van der Waals surface area contributed by atoms with E-state index in [0.29, 0.717) is 0 Å². The molecule has 3 heterocycles. The molecule has 3 saturated heterocycles. The van der Waals surface area contributed by atoms with Gasteiger partial charge >= 0.3 is 29.6 Å². The van der Waals surface area contributed by atoms with Gasteiger partial charge in [-0.3, -0.25) is 0 Å². The second-order valence-electron chi connectivity index (χ2n) is 3.67. The molecule has 0 N–H and O–H groups in total. The van der Waals surface area contributed by atoms with Gasteiger partial charge in [-0.25, -0.2) is 0 Å². The van der Waals surface area contributed by atoms with Crippen molar-refractivity contribution in [1.29, 1.82) is 0 Å². The van der Waals surface area contributed by atoms with Crippen LogP contribution >= 0.6 is 0 Å². The molecule has 3 aliphatic heterocycles. The molecule has 0 amide bonds. The van der Waals surface area contributed by atoms with E-state index < -0.39 is 0 Å². The SMILES string of the molecule is C1COCCO1.C1COCCO1.C1COCCO1.[I-].[Na+]. The van der Waals surface area contributed by atoms with E-state index in [4.69, 9.17) is 28.4 Å². The van der Waals surface area contributed by atoms with Crippen LogP contribution in [0, 0.1) is 0 Å². The van der Waals surface area contributed by atoms with Crippen LogP contribution in [0.5, 0.6) is 0 Å². The summed E-state index contributed by atoms with van der Waals surface area (Å²) in [5, 5.41) is 0. The van der Waals surface area contributed by atoms with Crippen molar-refractivity contribution < 1.29 is 82.0 Å². The van der Waals surface area contributed by atoms with Crippen molar-refractivity contribution in [2.24, 2.45) is 0 Å². The van der Waals surface area contributed by atoms with Crippen LogP contribution in [0.4, 0.5) is 0 Å². The summed E-state index contributed by atoms with van der Waals surface area (Å²) < 4.78 is 29.7. The molecule has 20 heavy (non-hydrogen) atoms. The molecule has 0 radical (unpaired) electrons. The van der Waals surface area contributed by atoms with Crippen LogP contribution < -0.4 is 53.5 Å². The number of rotatable bonds is 0. The number of hydrogen-bond acceptors (Lipinski definition) is 6. The van der Waals surface area contributed by atoms with Crippen LogP contribution in [0.3, 0.4) is 0 Å². The van der Waals surface area contributed by atoms with Crippen molar-refractivity contribution in [3.05, 3.63) is 0 Å². The molecule has 0 aromatic carbocycles. The summed E-state index contributed by atoms with van der Waals surface area (Å²) in [7, 11) is 0. The Bertz CT molecular complexity index is 103. The summed E-state index contributed by atoms with van der Waals surface area (Å²) in [6.45, 7) is 9.33. The van der Waals surface area contributed by atoms with Crippen LogP contribution in [-0.4, -0.2) is 79.3 Å². The fourth-order valence-corrected chi connectivity index (χ4v) is 1.32.